The van der Waals surface area contributed by atoms with Crippen molar-refractivity contribution >= 4 is 34.4 Å². The first-order valence-corrected chi connectivity index (χ1v) is 17.1. The fraction of sp³-hybridized carbons (Fsp3) is 0.412. The predicted octanol–water partition coefficient (Wildman–Crippen LogP) is 7.26. The summed E-state index contributed by atoms with van der Waals surface area (Å²) in [6.07, 6.45) is 3.27. The number of aromatic nitrogens is 6. The third kappa shape index (κ3) is 7.07. The maximum atomic E-state index is 14.2. The van der Waals surface area contributed by atoms with Crippen LogP contribution in [0.5, 0.6) is 5.88 Å². The second-order valence-corrected chi connectivity index (χ2v) is 14.2. The number of fused-ring (bicyclic) bond motifs is 1. The number of hydrogen-bond donors (Lipinski definition) is 1. The van der Waals surface area contributed by atoms with E-state index in [2.05, 4.69) is 57.8 Å². The molecule has 5 aromatic rings. The number of halogens is 2. The molecule has 2 aliphatic rings. The van der Waals surface area contributed by atoms with Crippen LogP contribution in [0, 0.1) is 5.82 Å². The van der Waals surface area contributed by atoms with Crippen molar-refractivity contribution in [3.63, 3.8) is 0 Å². The van der Waals surface area contributed by atoms with Gasteiger partial charge in [0, 0.05) is 45.7 Å². The lowest BCUT2D eigenvalue weighted by Crippen LogP contribution is -2.35. The molecule has 240 valence electrons. The molecule has 3 aromatic heterocycles. The summed E-state index contributed by atoms with van der Waals surface area (Å²) >= 11 is 7.52. The van der Waals surface area contributed by atoms with E-state index in [0.717, 1.165) is 91.1 Å². The maximum absolute atomic E-state index is 14.2. The van der Waals surface area contributed by atoms with Crippen molar-refractivity contribution in [2.24, 2.45) is 0 Å². The van der Waals surface area contributed by atoms with Crippen LogP contribution in [-0.4, -0.2) is 65.7 Å². The van der Waals surface area contributed by atoms with Crippen molar-refractivity contribution in [1.29, 1.82) is 0 Å². The number of thioether (sulfide) groups is 1. The molecule has 9 nitrogen and oxygen atoms in total. The van der Waals surface area contributed by atoms with Gasteiger partial charge in [-0.2, -0.15) is 0 Å². The number of hydrogen-bond acceptors (Lipinski definition) is 8. The Morgan fingerprint density at radius 1 is 1.07 bits per heavy atom. The van der Waals surface area contributed by atoms with Gasteiger partial charge in [-0.25, -0.2) is 19.3 Å². The van der Waals surface area contributed by atoms with Gasteiger partial charge in [0.15, 0.2) is 5.82 Å². The fourth-order valence-electron chi connectivity index (χ4n) is 6.04. The monoisotopic (exact) mass is 661 g/mol. The van der Waals surface area contributed by atoms with Crippen molar-refractivity contribution in [3.05, 3.63) is 82.5 Å². The van der Waals surface area contributed by atoms with E-state index in [1.165, 1.54) is 6.07 Å². The minimum atomic E-state index is -0.380. The number of ether oxygens (including phenoxy) is 2. The number of likely N-dealkylation sites (tertiary alicyclic amines) is 1. The Morgan fingerprint density at radius 2 is 1.91 bits per heavy atom. The molecule has 2 fully saturated rings. The number of nitrogens with one attached hydrogen (secondary N) is 1. The molecule has 0 spiro atoms. The average Bonchev–Trinajstić information content (AvgIpc) is 3.62. The van der Waals surface area contributed by atoms with Gasteiger partial charge in [-0.3, -0.25) is 10.00 Å². The number of piperidine rings is 1. The highest BCUT2D eigenvalue weighted by atomic mass is 35.5. The molecule has 0 unspecified atom stereocenters. The average molecular weight is 662 g/mol. The molecule has 2 aliphatic heterocycles. The summed E-state index contributed by atoms with van der Waals surface area (Å²) in [7, 11) is 0. The number of imidazole rings is 1. The highest BCUT2D eigenvalue weighted by molar-refractivity contribution is 7.99. The summed E-state index contributed by atoms with van der Waals surface area (Å²) in [6, 6.07) is 16.8. The SMILES string of the molecule is CC(C)Sc1n[nH]c(-c2ccc3c(c2)nc(CN2CCC(c4cccc(OCc5ccc(Cl)cc5F)n4)CC2)n3C[C@@H]2CCO2)n1. The molecule has 12 heteroatoms. The zero-order chi connectivity index (χ0) is 31.6. The van der Waals surface area contributed by atoms with Crippen LogP contribution in [0.3, 0.4) is 0 Å². The van der Waals surface area contributed by atoms with Crippen LogP contribution >= 0.6 is 23.4 Å². The van der Waals surface area contributed by atoms with E-state index < -0.39 is 0 Å². The number of H-pyrrole nitrogens is 1. The Labute approximate surface area is 276 Å². The normalized spacial score (nSPS) is 17.5. The molecule has 0 bridgehead atoms. The summed E-state index contributed by atoms with van der Waals surface area (Å²) in [5, 5.41) is 9.00. The van der Waals surface area contributed by atoms with E-state index in [4.69, 9.17) is 36.0 Å². The zero-order valence-electron chi connectivity index (χ0n) is 26.0. The largest absolute Gasteiger partial charge is 0.473 e. The summed E-state index contributed by atoms with van der Waals surface area (Å²) in [6.45, 7) is 8.64. The standard InChI is InChI=1S/C34H37ClFN7O2S/c1-21(2)46-34-39-33(40-41-34)23-7-9-30-29(16-23)37-31(43(30)18-26-12-15-44-26)19-42-13-10-22(11-14-42)28-4-3-5-32(38-28)45-20-24-6-8-25(35)17-27(24)36/h3-9,16-17,21-22,26H,10-15,18-20H2,1-2H3,(H,39,40,41)/t26-/m0/s1. The van der Waals surface area contributed by atoms with E-state index in [1.54, 1.807) is 23.9 Å². The summed E-state index contributed by atoms with van der Waals surface area (Å²) in [5.74, 6) is 2.26. The maximum Gasteiger partial charge on any atom is 0.213 e. The van der Waals surface area contributed by atoms with Crippen molar-refractivity contribution < 1.29 is 13.9 Å². The topological polar surface area (TPSA) is 94.0 Å². The minimum absolute atomic E-state index is 0.100. The number of pyridine rings is 1. The fourth-order valence-corrected chi connectivity index (χ4v) is 6.86. The van der Waals surface area contributed by atoms with Gasteiger partial charge in [-0.05, 0) is 68.8 Å². The molecule has 0 aliphatic carbocycles. The van der Waals surface area contributed by atoms with Gasteiger partial charge in [0.1, 0.15) is 18.2 Å². The molecular formula is C34H37ClFN7O2S. The van der Waals surface area contributed by atoms with E-state index >= 15 is 0 Å². The molecule has 2 aromatic carbocycles. The van der Waals surface area contributed by atoms with Crippen LogP contribution in [0.1, 0.15) is 56.1 Å². The summed E-state index contributed by atoms with van der Waals surface area (Å²) < 4.78 is 28.2. The van der Waals surface area contributed by atoms with E-state index in [9.17, 15) is 4.39 Å². The van der Waals surface area contributed by atoms with Crippen LogP contribution in [0.2, 0.25) is 5.02 Å². The van der Waals surface area contributed by atoms with Crippen LogP contribution in [0.4, 0.5) is 4.39 Å². The van der Waals surface area contributed by atoms with Gasteiger partial charge in [0.05, 0.1) is 30.2 Å². The Balaban J connectivity index is 1.02. The molecule has 1 N–H and O–H groups in total. The van der Waals surface area contributed by atoms with Gasteiger partial charge in [0.2, 0.25) is 11.0 Å². The van der Waals surface area contributed by atoms with Crippen LogP contribution in [0.15, 0.2) is 59.8 Å². The Morgan fingerprint density at radius 3 is 2.67 bits per heavy atom. The minimum Gasteiger partial charge on any atom is -0.473 e. The number of nitrogens with zero attached hydrogens (tertiary/aromatic N) is 6. The van der Waals surface area contributed by atoms with Gasteiger partial charge in [-0.1, -0.05) is 49.3 Å². The smallest absolute Gasteiger partial charge is 0.213 e. The molecule has 46 heavy (non-hydrogen) atoms. The van der Waals surface area contributed by atoms with Gasteiger partial charge < -0.3 is 14.0 Å². The molecular weight excluding hydrogens is 625 g/mol. The molecule has 1 atom stereocenters. The molecule has 5 heterocycles. The lowest BCUT2D eigenvalue weighted by Gasteiger charge is -2.32. The lowest BCUT2D eigenvalue weighted by molar-refractivity contribution is -0.0592. The Kier molecular flexibility index (Phi) is 9.26. The van der Waals surface area contributed by atoms with E-state index in [-0.39, 0.29) is 18.5 Å². The number of benzene rings is 2. The summed E-state index contributed by atoms with van der Waals surface area (Å²) in [5.41, 5.74) is 4.50. The van der Waals surface area contributed by atoms with Gasteiger partial charge in [0.25, 0.3) is 0 Å². The molecule has 2 saturated heterocycles. The van der Waals surface area contributed by atoms with Gasteiger partial charge in [-0.15, -0.1) is 5.10 Å². The van der Waals surface area contributed by atoms with Crippen molar-refractivity contribution in [2.45, 2.75) is 75.2 Å². The third-order valence-electron chi connectivity index (χ3n) is 8.59. The van der Waals surface area contributed by atoms with Crippen LogP contribution in [0.25, 0.3) is 22.4 Å². The second-order valence-electron chi connectivity index (χ2n) is 12.2. The Hall–Kier alpha value is -3.51. The van der Waals surface area contributed by atoms with Gasteiger partial charge >= 0.3 is 0 Å². The first-order valence-electron chi connectivity index (χ1n) is 15.8. The first kappa shape index (κ1) is 31.1. The first-order chi connectivity index (χ1) is 22.4. The molecule has 0 radical (unpaired) electrons. The Bertz CT molecular complexity index is 1820. The quantitative estimate of drug-likeness (QED) is 0.148. The predicted molar refractivity (Wildman–Crippen MR) is 178 cm³/mol. The number of aromatic amines is 1. The van der Waals surface area contributed by atoms with Crippen molar-refractivity contribution in [1.82, 2.24) is 34.6 Å². The number of rotatable bonds is 11. The highest BCUT2D eigenvalue weighted by Crippen LogP contribution is 2.31. The second kappa shape index (κ2) is 13.7. The molecule has 0 amide bonds. The van der Waals surface area contributed by atoms with Crippen LogP contribution < -0.4 is 4.74 Å². The van der Waals surface area contributed by atoms with Crippen molar-refractivity contribution in [3.8, 4) is 17.3 Å². The third-order valence-corrected chi connectivity index (χ3v) is 9.69. The summed E-state index contributed by atoms with van der Waals surface area (Å²) in [4.78, 5) is 17.1. The van der Waals surface area contributed by atoms with E-state index in [1.807, 2.05) is 12.1 Å². The molecule has 7 rings (SSSR count). The van der Waals surface area contributed by atoms with Crippen LogP contribution in [-0.2, 0) is 24.4 Å². The van der Waals surface area contributed by atoms with Crippen molar-refractivity contribution in [2.75, 3.05) is 19.7 Å². The molecule has 0 saturated carbocycles. The lowest BCUT2D eigenvalue weighted by atomic mass is 9.93. The highest BCUT2D eigenvalue weighted by Gasteiger charge is 2.26. The zero-order valence-corrected chi connectivity index (χ0v) is 27.5. The van der Waals surface area contributed by atoms with E-state index in [0.29, 0.717) is 27.6 Å².